The van der Waals surface area contributed by atoms with Gasteiger partial charge in [0.05, 0.1) is 24.5 Å². The van der Waals surface area contributed by atoms with Gasteiger partial charge in [-0.25, -0.2) is 0 Å². The standard InChI is InChI=1S/C20H22N2O5/c1-13(15-6-5-7-18(11-15)22(25)26)21(3)20(24)12-17-10-16(14(2)23)8-9-19(17)27-4/h5-11,13H,12H2,1-4H3/t13-/m1/s1. The molecule has 1 atom stereocenters. The fourth-order valence-electron chi connectivity index (χ4n) is 2.76. The summed E-state index contributed by atoms with van der Waals surface area (Å²) < 4.78 is 5.29. The van der Waals surface area contributed by atoms with Gasteiger partial charge in [0.25, 0.3) is 5.69 Å². The number of amides is 1. The van der Waals surface area contributed by atoms with E-state index in [1.807, 2.05) is 0 Å². The summed E-state index contributed by atoms with van der Waals surface area (Å²) in [6.07, 6.45) is 0.0556. The maximum Gasteiger partial charge on any atom is 0.269 e. The monoisotopic (exact) mass is 370 g/mol. The molecule has 7 nitrogen and oxygen atoms in total. The molecule has 0 radical (unpaired) electrons. The number of hydrogen-bond acceptors (Lipinski definition) is 5. The van der Waals surface area contributed by atoms with Crippen LogP contribution in [0.5, 0.6) is 5.75 Å². The Kier molecular flexibility index (Phi) is 6.28. The van der Waals surface area contributed by atoms with E-state index in [9.17, 15) is 19.7 Å². The van der Waals surface area contributed by atoms with Crippen LogP contribution in [0.3, 0.4) is 0 Å². The van der Waals surface area contributed by atoms with E-state index in [-0.39, 0.29) is 29.8 Å². The molecule has 0 saturated heterocycles. The number of likely N-dealkylation sites (N-methyl/N-ethyl adjacent to an activating group) is 1. The molecule has 2 aromatic rings. The Morgan fingerprint density at radius 3 is 2.52 bits per heavy atom. The number of non-ortho nitro benzene ring substituents is 1. The fraction of sp³-hybridized carbons (Fsp3) is 0.300. The maximum atomic E-state index is 12.7. The van der Waals surface area contributed by atoms with Crippen molar-refractivity contribution in [2.45, 2.75) is 26.3 Å². The van der Waals surface area contributed by atoms with Crippen LogP contribution in [-0.2, 0) is 11.2 Å². The second-order valence-corrected chi connectivity index (χ2v) is 6.29. The molecule has 7 heteroatoms. The van der Waals surface area contributed by atoms with E-state index in [2.05, 4.69) is 0 Å². The first-order chi connectivity index (χ1) is 12.7. The van der Waals surface area contributed by atoms with Crippen LogP contribution in [0.25, 0.3) is 0 Å². The number of Topliss-reactive ketones (excluding diaryl/α,β-unsaturated/α-hetero) is 1. The molecular weight excluding hydrogens is 348 g/mol. The molecule has 0 heterocycles. The number of rotatable bonds is 7. The maximum absolute atomic E-state index is 12.7. The Bertz CT molecular complexity index is 878. The van der Waals surface area contributed by atoms with E-state index in [0.717, 1.165) is 0 Å². The third-order valence-electron chi connectivity index (χ3n) is 4.57. The van der Waals surface area contributed by atoms with Gasteiger partial charge < -0.3 is 9.64 Å². The average Bonchev–Trinajstić information content (AvgIpc) is 2.66. The summed E-state index contributed by atoms with van der Waals surface area (Å²) in [5, 5.41) is 11.0. The summed E-state index contributed by atoms with van der Waals surface area (Å²) >= 11 is 0. The highest BCUT2D eigenvalue weighted by Crippen LogP contribution is 2.26. The van der Waals surface area contributed by atoms with Crippen LogP contribution in [0.1, 0.15) is 41.4 Å². The molecule has 0 aromatic heterocycles. The smallest absolute Gasteiger partial charge is 0.269 e. The molecule has 1 amide bonds. The van der Waals surface area contributed by atoms with Gasteiger partial charge in [0, 0.05) is 30.3 Å². The van der Waals surface area contributed by atoms with Crippen molar-refractivity contribution in [2.75, 3.05) is 14.2 Å². The van der Waals surface area contributed by atoms with Gasteiger partial charge in [0.15, 0.2) is 5.78 Å². The van der Waals surface area contributed by atoms with E-state index in [4.69, 9.17) is 4.74 Å². The van der Waals surface area contributed by atoms with E-state index in [1.54, 1.807) is 44.3 Å². The lowest BCUT2D eigenvalue weighted by molar-refractivity contribution is -0.384. The van der Waals surface area contributed by atoms with Crippen molar-refractivity contribution in [3.63, 3.8) is 0 Å². The third-order valence-corrected chi connectivity index (χ3v) is 4.57. The highest BCUT2D eigenvalue weighted by atomic mass is 16.6. The summed E-state index contributed by atoms with van der Waals surface area (Å²) in [7, 11) is 3.15. The first-order valence-electron chi connectivity index (χ1n) is 8.42. The quantitative estimate of drug-likeness (QED) is 0.422. The summed E-state index contributed by atoms with van der Waals surface area (Å²) in [6, 6.07) is 10.9. The normalized spacial score (nSPS) is 11.6. The number of carbonyl (C=O) groups is 2. The average molecular weight is 370 g/mol. The molecular formula is C20H22N2O5. The van der Waals surface area contributed by atoms with Gasteiger partial charge in [-0.05, 0) is 37.6 Å². The molecule has 0 aliphatic heterocycles. The number of methoxy groups -OCH3 is 1. The molecule has 2 aromatic carbocycles. The summed E-state index contributed by atoms with van der Waals surface area (Å²) in [4.78, 5) is 36.4. The van der Waals surface area contributed by atoms with Crippen molar-refractivity contribution < 1.29 is 19.2 Å². The van der Waals surface area contributed by atoms with E-state index >= 15 is 0 Å². The highest BCUT2D eigenvalue weighted by molar-refractivity contribution is 5.94. The molecule has 142 valence electrons. The number of nitrogens with zero attached hydrogens (tertiary/aromatic N) is 2. The second-order valence-electron chi connectivity index (χ2n) is 6.29. The first kappa shape index (κ1) is 20.1. The van der Waals surface area contributed by atoms with Crippen LogP contribution in [0.4, 0.5) is 5.69 Å². The minimum atomic E-state index is -0.462. The predicted molar refractivity (Wildman–Crippen MR) is 101 cm³/mol. The summed E-state index contributed by atoms with van der Waals surface area (Å²) in [6.45, 7) is 3.27. The molecule has 0 spiro atoms. The molecule has 0 aliphatic carbocycles. The minimum absolute atomic E-state index is 0.0176. The van der Waals surface area contributed by atoms with Gasteiger partial charge in [-0.15, -0.1) is 0 Å². The summed E-state index contributed by atoms with van der Waals surface area (Å²) in [5.74, 6) is 0.252. The lowest BCUT2D eigenvalue weighted by atomic mass is 10.0. The summed E-state index contributed by atoms with van der Waals surface area (Å²) in [5.41, 5.74) is 1.78. The number of ketones is 1. The molecule has 2 rings (SSSR count). The van der Waals surface area contributed by atoms with Crippen molar-refractivity contribution in [1.29, 1.82) is 0 Å². The fourth-order valence-corrected chi connectivity index (χ4v) is 2.76. The second kappa shape index (κ2) is 8.44. The van der Waals surface area contributed by atoms with Crippen LogP contribution in [0.2, 0.25) is 0 Å². The molecule has 0 saturated carbocycles. The zero-order valence-electron chi connectivity index (χ0n) is 15.8. The third kappa shape index (κ3) is 4.69. The Morgan fingerprint density at radius 1 is 1.22 bits per heavy atom. The SMILES string of the molecule is COc1ccc(C(C)=O)cc1CC(=O)N(C)[C@H](C)c1cccc([N+](=O)[O-])c1. The van der Waals surface area contributed by atoms with Gasteiger partial charge >= 0.3 is 0 Å². The van der Waals surface area contributed by atoms with E-state index < -0.39 is 4.92 Å². The lowest BCUT2D eigenvalue weighted by Crippen LogP contribution is -2.31. The van der Waals surface area contributed by atoms with Gasteiger partial charge in [-0.1, -0.05) is 12.1 Å². The Labute approximate surface area is 157 Å². The zero-order chi connectivity index (χ0) is 20.1. The topological polar surface area (TPSA) is 89.8 Å². The van der Waals surface area contributed by atoms with Crippen molar-refractivity contribution in [3.8, 4) is 5.75 Å². The minimum Gasteiger partial charge on any atom is -0.496 e. The predicted octanol–water partition coefficient (Wildman–Crippen LogP) is 3.57. The van der Waals surface area contributed by atoms with Crippen molar-refractivity contribution >= 4 is 17.4 Å². The van der Waals surface area contributed by atoms with Crippen LogP contribution < -0.4 is 4.74 Å². The Balaban J connectivity index is 2.22. The number of nitro groups is 1. The first-order valence-corrected chi connectivity index (χ1v) is 8.42. The molecule has 0 unspecified atom stereocenters. The lowest BCUT2D eigenvalue weighted by Gasteiger charge is -2.25. The molecule has 0 N–H and O–H groups in total. The van der Waals surface area contributed by atoms with Crippen LogP contribution >= 0.6 is 0 Å². The van der Waals surface area contributed by atoms with Crippen molar-refractivity contribution in [2.24, 2.45) is 0 Å². The molecule has 0 bridgehead atoms. The van der Waals surface area contributed by atoms with Crippen LogP contribution in [0, 0.1) is 10.1 Å². The van der Waals surface area contributed by atoms with Gasteiger partial charge in [0.2, 0.25) is 5.91 Å². The van der Waals surface area contributed by atoms with E-state index in [0.29, 0.717) is 22.4 Å². The largest absolute Gasteiger partial charge is 0.496 e. The Morgan fingerprint density at radius 2 is 1.93 bits per heavy atom. The van der Waals surface area contributed by atoms with Crippen molar-refractivity contribution in [1.82, 2.24) is 4.90 Å². The van der Waals surface area contributed by atoms with Crippen LogP contribution in [0.15, 0.2) is 42.5 Å². The number of benzene rings is 2. The molecule has 0 fully saturated rings. The number of ether oxygens (including phenoxy) is 1. The number of nitro benzene ring substituents is 1. The number of hydrogen-bond donors (Lipinski definition) is 0. The molecule has 27 heavy (non-hydrogen) atoms. The van der Waals surface area contributed by atoms with Crippen molar-refractivity contribution in [3.05, 3.63) is 69.3 Å². The van der Waals surface area contributed by atoms with Gasteiger partial charge in [-0.3, -0.25) is 19.7 Å². The molecule has 0 aliphatic rings. The van der Waals surface area contributed by atoms with Gasteiger partial charge in [-0.2, -0.15) is 0 Å². The van der Waals surface area contributed by atoms with Gasteiger partial charge in [0.1, 0.15) is 5.75 Å². The zero-order valence-corrected chi connectivity index (χ0v) is 15.8. The highest BCUT2D eigenvalue weighted by Gasteiger charge is 2.21. The number of carbonyl (C=O) groups excluding carboxylic acids is 2. The van der Waals surface area contributed by atoms with Crippen LogP contribution in [-0.4, -0.2) is 35.7 Å². The Hall–Kier alpha value is -3.22. The van der Waals surface area contributed by atoms with E-state index in [1.165, 1.54) is 31.1 Å².